The van der Waals surface area contributed by atoms with Gasteiger partial charge in [0.05, 0.1) is 12.1 Å². The fourth-order valence-electron chi connectivity index (χ4n) is 5.03. The summed E-state index contributed by atoms with van der Waals surface area (Å²) >= 11 is 1.45. The number of amidine groups is 2. The highest BCUT2D eigenvalue weighted by Crippen LogP contribution is 2.36. The summed E-state index contributed by atoms with van der Waals surface area (Å²) < 4.78 is 8.02. The van der Waals surface area contributed by atoms with E-state index in [2.05, 4.69) is 15.6 Å². The molecule has 1 N–H and O–H groups in total. The summed E-state index contributed by atoms with van der Waals surface area (Å²) in [5.74, 6) is 0.946. The van der Waals surface area contributed by atoms with Crippen LogP contribution in [0.4, 0.5) is 0 Å². The number of ether oxygens (including phenoxy) is 1. The van der Waals surface area contributed by atoms with Crippen LogP contribution in [0.5, 0.6) is 5.75 Å². The molecule has 0 unspecified atom stereocenters. The summed E-state index contributed by atoms with van der Waals surface area (Å²) in [7, 11) is 0. The maximum atomic E-state index is 13.0. The molecule has 36 heavy (non-hydrogen) atoms. The molecule has 0 bridgehead atoms. The average Bonchev–Trinajstić information content (AvgIpc) is 3.50. The molecule has 1 fully saturated rings. The molecule has 0 saturated heterocycles. The van der Waals surface area contributed by atoms with Crippen LogP contribution in [0.3, 0.4) is 0 Å². The van der Waals surface area contributed by atoms with E-state index in [0.717, 1.165) is 40.1 Å². The topological polar surface area (TPSA) is 83.0 Å². The Balaban J connectivity index is 1.26. The molecule has 0 radical (unpaired) electrons. The van der Waals surface area contributed by atoms with E-state index < -0.39 is 0 Å². The van der Waals surface area contributed by atoms with Crippen molar-refractivity contribution in [3.63, 3.8) is 0 Å². The molecule has 8 heteroatoms. The molecule has 1 amide bonds. The molecule has 0 atom stereocenters. The number of fused-ring (bicyclic) bond motifs is 2. The molecule has 182 valence electrons. The Morgan fingerprint density at radius 2 is 1.83 bits per heavy atom. The van der Waals surface area contributed by atoms with Crippen molar-refractivity contribution in [2.75, 3.05) is 6.61 Å². The van der Waals surface area contributed by atoms with Crippen molar-refractivity contribution in [1.82, 2.24) is 9.58 Å². The van der Waals surface area contributed by atoms with E-state index in [4.69, 9.17) is 15.2 Å². The van der Waals surface area contributed by atoms with Gasteiger partial charge in [-0.15, -0.1) is 0 Å². The first-order valence-corrected chi connectivity index (χ1v) is 13.2. The number of aliphatic imine (C=N–C) groups is 1. The van der Waals surface area contributed by atoms with Gasteiger partial charge >= 0.3 is 0 Å². The van der Waals surface area contributed by atoms with Gasteiger partial charge in [0.25, 0.3) is 5.91 Å². The Morgan fingerprint density at radius 1 is 1.06 bits per heavy atom. The number of amides is 1. The van der Waals surface area contributed by atoms with E-state index in [1.54, 1.807) is 6.08 Å². The summed E-state index contributed by atoms with van der Waals surface area (Å²) in [6, 6.07) is 17.8. The quantitative estimate of drug-likeness (QED) is 0.429. The zero-order valence-electron chi connectivity index (χ0n) is 19.9. The molecule has 0 spiro atoms. The lowest BCUT2D eigenvalue weighted by Crippen LogP contribution is -2.35. The minimum atomic E-state index is -0.386. The Hall–Kier alpha value is -3.65. The molecular weight excluding hydrogens is 470 g/mol. The van der Waals surface area contributed by atoms with Crippen molar-refractivity contribution in [1.29, 1.82) is 5.41 Å². The third kappa shape index (κ3) is 4.37. The molecule has 1 aliphatic carbocycles. The monoisotopic (exact) mass is 497 g/mol. The largest absolute Gasteiger partial charge is 0.492 e. The highest BCUT2D eigenvalue weighted by molar-refractivity contribution is 8.27. The van der Waals surface area contributed by atoms with E-state index in [1.165, 1.54) is 36.0 Å². The van der Waals surface area contributed by atoms with Crippen LogP contribution in [0.2, 0.25) is 0 Å². The molecule has 2 aromatic carbocycles. The molecule has 6 rings (SSSR count). The number of hydrazone groups is 1. The third-order valence-corrected chi connectivity index (χ3v) is 7.96. The second kappa shape index (κ2) is 9.78. The van der Waals surface area contributed by atoms with Crippen molar-refractivity contribution in [3.05, 3.63) is 71.9 Å². The van der Waals surface area contributed by atoms with E-state index in [-0.39, 0.29) is 17.3 Å². The number of thioether (sulfide) groups is 1. The summed E-state index contributed by atoms with van der Waals surface area (Å²) in [5, 5.41) is 17.6. The smallest absolute Gasteiger partial charge is 0.283 e. The zero-order chi connectivity index (χ0) is 24.5. The Morgan fingerprint density at radius 3 is 2.67 bits per heavy atom. The van der Waals surface area contributed by atoms with Crippen molar-refractivity contribution in [2.45, 2.75) is 38.6 Å². The number of aromatic nitrogens is 1. The van der Waals surface area contributed by atoms with Gasteiger partial charge < -0.3 is 9.30 Å². The van der Waals surface area contributed by atoms with Crippen molar-refractivity contribution < 1.29 is 9.53 Å². The number of nitrogens with zero attached hydrogens (tertiary/aromatic N) is 4. The Kier molecular flexibility index (Phi) is 6.19. The lowest BCUT2D eigenvalue weighted by atomic mass is 9.90. The number of rotatable bonds is 6. The SMILES string of the molecule is N=C1C(=Cc2cn(CCOc3ccccc3)c3ccccc23)C(=O)N=C2SC(C3CCCCC3)=NN12. The minimum absolute atomic E-state index is 0.0903. The first-order valence-electron chi connectivity index (χ1n) is 12.4. The highest BCUT2D eigenvalue weighted by atomic mass is 32.2. The number of benzene rings is 2. The van der Waals surface area contributed by atoms with Gasteiger partial charge in [-0.05, 0) is 48.9 Å². The Labute approximate surface area is 214 Å². The van der Waals surface area contributed by atoms with Gasteiger partial charge in [-0.1, -0.05) is 55.7 Å². The summed E-state index contributed by atoms with van der Waals surface area (Å²) in [4.78, 5) is 17.3. The van der Waals surface area contributed by atoms with E-state index in [9.17, 15) is 4.79 Å². The van der Waals surface area contributed by atoms with Crippen molar-refractivity contribution >= 4 is 50.7 Å². The van der Waals surface area contributed by atoms with Crippen LogP contribution in [0.15, 0.2) is 76.5 Å². The predicted molar refractivity (Wildman–Crippen MR) is 145 cm³/mol. The lowest BCUT2D eigenvalue weighted by Gasteiger charge is -2.20. The maximum Gasteiger partial charge on any atom is 0.283 e. The van der Waals surface area contributed by atoms with E-state index >= 15 is 0 Å². The van der Waals surface area contributed by atoms with Gasteiger partial charge in [-0.3, -0.25) is 10.2 Å². The number of nitrogens with one attached hydrogen (secondary N) is 1. The third-order valence-electron chi connectivity index (χ3n) is 6.89. The van der Waals surface area contributed by atoms with Crippen LogP contribution in [-0.2, 0) is 11.3 Å². The van der Waals surface area contributed by atoms with E-state index in [1.807, 2.05) is 54.7 Å². The molecule has 7 nitrogen and oxygen atoms in total. The molecule has 3 aromatic rings. The van der Waals surface area contributed by atoms with Crippen molar-refractivity contribution in [3.8, 4) is 5.75 Å². The second-order valence-corrected chi connectivity index (χ2v) is 10.2. The Bertz CT molecular complexity index is 1420. The molecular formula is C28H27N5O2S. The maximum absolute atomic E-state index is 13.0. The normalized spacial score (nSPS) is 19.6. The van der Waals surface area contributed by atoms with Crippen LogP contribution < -0.4 is 4.74 Å². The van der Waals surface area contributed by atoms with E-state index in [0.29, 0.717) is 24.2 Å². The first-order chi connectivity index (χ1) is 17.7. The van der Waals surface area contributed by atoms with Gasteiger partial charge in [0.1, 0.15) is 17.4 Å². The van der Waals surface area contributed by atoms with Crippen LogP contribution in [0, 0.1) is 11.3 Å². The average molecular weight is 498 g/mol. The van der Waals surface area contributed by atoms with Crippen LogP contribution in [0.1, 0.15) is 37.7 Å². The molecule has 1 saturated carbocycles. The van der Waals surface area contributed by atoms with Gasteiger partial charge in [-0.25, -0.2) is 0 Å². The number of carbonyl (C=O) groups excluding carboxylic acids is 1. The zero-order valence-corrected chi connectivity index (χ0v) is 20.7. The van der Waals surface area contributed by atoms with Gasteiger partial charge in [-0.2, -0.15) is 15.1 Å². The minimum Gasteiger partial charge on any atom is -0.492 e. The fourth-order valence-corrected chi connectivity index (χ4v) is 6.09. The van der Waals surface area contributed by atoms with Crippen LogP contribution in [-0.4, -0.2) is 38.1 Å². The van der Waals surface area contributed by atoms with Gasteiger partial charge in [0.15, 0.2) is 5.84 Å². The number of carbonyl (C=O) groups is 1. The molecule has 1 aromatic heterocycles. The molecule has 3 heterocycles. The van der Waals surface area contributed by atoms with Gasteiger partial charge in [0, 0.05) is 28.6 Å². The van der Waals surface area contributed by atoms with Crippen LogP contribution in [0.25, 0.3) is 17.0 Å². The fraction of sp³-hybridized carbons (Fsp3) is 0.286. The highest BCUT2D eigenvalue weighted by Gasteiger charge is 2.38. The number of hydrogen-bond donors (Lipinski definition) is 1. The predicted octanol–water partition coefficient (Wildman–Crippen LogP) is 5.92. The molecule has 3 aliphatic rings. The number of hydrogen-bond acceptors (Lipinski definition) is 5. The lowest BCUT2D eigenvalue weighted by molar-refractivity contribution is -0.114. The number of para-hydroxylation sites is 2. The van der Waals surface area contributed by atoms with Crippen LogP contribution >= 0.6 is 11.8 Å². The summed E-state index contributed by atoms with van der Waals surface area (Å²) in [5.41, 5.74) is 2.19. The molecule has 2 aliphatic heterocycles. The standard InChI is InChI=1S/C28H27N5O2S/c29-25-23(26(34)30-28-33(25)31-27(36-28)19-9-3-1-4-10-19)17-20-18-32(24-14-8-7-13-22(20)24)15-16-35-21-11-5-2-6-12-21/h2,5-8,11-14,17-19,29H,1,3-4,9-10,15-16H2. The second-order valence-electron chi connectivity index (χ2n) is 9.25. The first kappa shape index (κ1) is 22.8. The van der Waals surface area contributed by atoms with Gasteiger partial charge in [0.2, 0.25) is 5.17 Å². The summed E-state index contributed by atoms with van der Waals surface area (Å²) in [6.45, 7) is 1.18. The van der Waals surface area contributed by atoms with Crippen molar-refractivity contribution in [2.24, 2.45) is 16.0 Å². The summed E-state index contributed by atoms with van der Waals surface area (Å²) in [6.07, 6.45) is 9.71.